The van der Waals surface area contributed by atoms with E-state index in [2.05, 4.69) is 15.6 Å². The number of carbonyl (C=O) groups is 3. The molecule has 1 aromatic heterocycles. The molecule has 2 aromatic carbocycles. The predicted molar refractivity (Wildman–Crippen MR) is 125 cm³/mol. The number of aromatic nitrogens is 3. The smallest absolute Gasteiger partial charge is 0.416 e. The molecule has 12 heteroatoms. The second kappa shape index (κ2) is 10.2. The molecular weight excluding hydrogens is 479 g/mol. The van der Waals surface area contributed by atoms with Crippen molar-refractivity contribution in [1.29, 1.82) is 0 Å². The maximum Gasteiger partial charge on any atom is 0.416 e. The number of hydrogen-bond acceptors (Lipinski definition) is 6. The van der Waals surface area contributed by atoms with Crippen LogP contribution in [0.1, 0.15) is 38.3 Å². The number of aryl methyl sites for hydroxylation is 1. The van der Waals surface area contributed by atoms with Crippen molar-refractivity contribution in [3.63, 3.8) is 0 Å². The van der Waals surface area contributed by atoms with Crippen molar-refractivity contribution in [1.82, 2.24) is 15.0 Å². The number of nitrogens with one attached hydrogen (secondary N) is 1. The third-order valence-electron chi connectivity index (χ3n) is 4.81. The van der Waals surface area contributed by atoms with E-state index in [4.69, 9.17) is 4.74 Å². The lowest BCUT2D eigenvalue weighted by atomic mass is 10.0. The zero-order valence-corrected chi connectivity index (χ0v) is 20.0. The first-order chi connectivity index (χ1) is 16.8. The monoisotopic (exact) mass is 503 g/mol. The van der Waals surface area contributed by atoms with Gasteiger partial charge in [0.05, 0.1) is 47.1 Å². The summed E-state index contributed by atoms with van der Waals surface area (Å²) < 4.78 is 48.1. The van der Waals surface area contributed by atoms with Gasteiger partial charge in [0.15, 0.2) is 0 Å². The van der Waals surface area contributed by atoms with Crippen molar-refractivity contribution >= 4 is 35.3 Å². The highest BCUT2D eigenvalue weighted by Crippen LogP contribution is 2.41. The third-order valence-corrected chi connectivity index (χ3v) is 4.81. The Morgan fingerprint density at radius 1 is 1.17 bits per heavy atom. The van der Waals surface area contributed by atoms with E-state index in [-0.39, 0.29) is 22.6 Å². The first kappa shape index (κ1) is 26.4. The molecule has 190 valence electrons. The molecule has 0 radical (unpaired) electrons. The highest BCUT2D eigenvalue weighted by Gasteiger charge is 2.35. The van der Waals surface area contributed by atoms with Gasteiger partial charge < -0.3 is 9.53 Å². The molecule has 0 aliphatic carbocycles. The molecule has 3 rings (SSSR count). The fourth-order valence-corrected chi connectivity index (χ4v) is 3.40. The predicted octanol–water partition coefficient (Wildman–Crippen LogP) is 5.20. The van der Waals surface area contributed by atoms with E-state index in [0.29, 0.717) is 12.0 Å². The summed E-state index contributed by atoms with van der Waals surface area (Å²) in [5.74, 6) is -0.815. The Balaban J connectivity index is 2.22. The second-order valence-electron chi connectivity index (χ2n) is 8.78. The van der Waals surface area contributed by atoms with Gasteiger partial charge in [0.1, 0.15) is 11.9 Å². The second-order valence-corrected chi connectivity index (χ2v) is 8.78. The van der Waals surface area contributed by atoms with Crippen LogP contribution in [0.3, 0.4) is 0 Å². The Hall–Kier alpha value is -4.22. The van der Waals surface area contributed by atoms with Crippen molar-refractivity contribution in [2.45, 2.75) is 45.9 Å². The minimum atomic E-state index is -4.74. The molecular formula is C24H24F3N5O4. The number of aldehydes is 1. The normalized spacial score (nSPS) is 11.6. The van der Waals surface area contributed by atoms with Gasteiger partial charge in [0.2, 0.25) is 5.91 Å². The molecule has 36 heavy (non-hydrogen) atoms. The molecule has 9 nitrogen and oxygen atoms in total. The summed E-state index contributed by atoms with van der Waals surface area (Å²) in [5, 5.41) is 10.0. The van der Waals surface area contributed by atoms with Crippen molar-refractivity contribution < 1.29 is 32.3 Å². The number of amides is 2. The van der Waals surface area contributed by atoms with E-state index in [1.54, 1.807) is 39.1 Å². The van der Waals surface area contributed by atoms with Crippen molar-refractivity contribution in [2.75, 3.05) is 10.2 Å². The van der Waals surface area contributed by atoms with Gasteiger partial charge in [-0.25, -0.2) is 9.48 Å². The fraction of sp³-hybridized carbons (Fsp3) is 0.292. The van der Waals surface area contributed by atoms with Crippen molar-refractivity contribution in [2.24, 2.45) is 0 Å². The van der Waals surface area contributed by atoms with Crippen molar-refractivity contribution in [3.05, 3.63) is 59.9 Å². The number of carbonyl (C=O) groups excluding carboxylic acids is 3. The largest absolute Gasteiger partial charge is 0.444 e. The van der Waals surface area contributed by atoms with Crippen LogP contribution in [-0.4, -0.2) is 38.9 Å². The van der Waals surface area contributed by atoms with Crippen LogP contribution in [0.15, 0.2) is 48.8 Å². The minimum Gasteiger partial charge on any atom is -0.444 e. The quantitative estimate of drug-likeness (QED) is 0.366. The number of alkyl halides is 3. The summed E-state index contributed by atoms with van der Waals surface area (Å²) in [6.45, 7) is 6.11. The van der Waals surface area contributed by atoms with E-state index in [9.17, 15) is 27.6 Å². The Kier molecular flexibility index (Phi) is 7.46. The molecule has 3 aromatic rings. The van der Waals surface area contributed by atoms with Crippen LogP contribution in [-0.2, 0) is 20.5 Å². The van der Waals surface area contributed by atoms with Crippen LogP contribution in [0.5, 0.6) is 0 Å². The number of nitrogens with zero attached hydrogens (tertiary/aromatic N) is 4. The maximum absolute atomic E-state index is 13.8. The molecule has 2 amide bonds. The van der Waals surface area contributed by atoms with Crippen LogP contribution in [0.25, 0.3) is 5.69 Å². The van der Waals surface area contributed by atoms with Crippen LogP contribution >= 0.6 is 0 Å². The summed E-state index contributed by atoms with van der Waals surface area (Å²) in [6, 6.07) is 8.04. The number of benzene rings is 2. The van der Waals surface area contributed by atoms with Gasteiger partial charge in [0.25, 0.3) is 0 Å². The number of hydrogen-bond donors (Lipinski definition) is 1. The molecule has 0 saturated heterocycles. The molecule has 0 unspecified atom stereocenters. The highest BCUT2D eigenvalue weighted by atomic mass is 19.4. The Morgan fingerprint density at radius 2 is 1.89 bits per heavy atom. The van der Waals surface area contributed by atoms with Gasteiger partial charge in [-0.05, 0) is 63.6 Å². The van der Waals surface area contributed by atoms with E-state index >= 15 is 0 Å². The van der Waals surface area contributed by atoms with E-state index in [1.165, 1.54) is 29.9 Å². The molecule has 0 aliphatic rings. The van der Waals surface area contributed by atoms with Crippen molar-refractivity contribution in [3.8, 4) is 5.69 Å². The fourth-order valence-electron chi connectivity index (χ4n) is 3.40. The topological polar surface area (TPSA) is 106 Å². The van der Waals surface area contributed by atoms with Crippen LogP contribution in [0.4, 0.5) is 35.0 Å². The summed E-state index contributed by atoms with van der Waals surface area (Å²) in [6.07, 6.45) is -2.97. The number of halogens is 3. The van der Waals surface area contributed by atoms with E-state index < -0.39 is 35.8 Å². The average Bonchev–Trinajstić information content (AvgIpc) is 3.28. The standard InChI is InChI=1S/C24H24F3N5O4/c1-15-12-19(29-22(35)36-23(2,3)4)20(14-18(15)24(25,26)27)32(21(34)8-11-33)17-7-5-6-16(13-17)31-10-9-28-30-31/h5-7,9-14H,8H2,1-4H3,(H,29,35). The van der Waals surface area contributed by atoms with Crippen LogP contribution in [0.2, 0.25) is 0 Å². The SMILES string of the molecule is Cc1cc(NC(=O)OC(C)(C)C)c(N(C(=O)CC=O)c2cccc(-n3ccnn3)c2)cc1C(F)(F)F. The Morgan fingerprint density at radius 3 is 2.47 bits per heavy atom. The molecule has 0 aliphatic heterocycles. The van der Waals surface area contributed by atoms with Gasteiger partial charge in [-0.1, -0.05) is 11.3 Å². The summed E-state index contributed by atoms with van der Waals surface area (Å²) >= 11 is 0. The van der Waals surface area contributed by atoms with Gasteiger partial charge in [-0.2, -0.15) is 13.2 Å². The zero-order valence-electron chi connectivity index (χ0n) is 20.0. The number of rotatable bonds is 6. The molecule has 0 spiro atoms. The minimum absolute atomic E-state index is 0.111. The highest BCUT2D eigenvalue weighted by molar-refractivity contribution is 6.09. The molecule has 1 N–H and O–H groups in total. The first-order valence-corrected chi connectivity index (χ1v) is 10.8. The Labute approximate surface area is 204 Å². The Bertz CT molecular complexity index is 1270. The van der Waals surface area contributed by atoms with Gasteiger partial charge in [-0.3, -0.25) is 15.0 Å². The van der Waals surface area contributed by atoms with Crippen LogP contribution < -0.4 is 10.2 Å². The third kappa shape index (κ3) is 6.26. The number of anilines is 3. The van der Waals surface area contributed by atoms with Gasteiger partial charge in [0, 0.05) is 0 Å². The lowest BCUT2D eigenvalue weighted by Crippen LogP contribution is -2.30. The van der Waals surface area contributed by atoms with E-state index in [0.717, 1.165) is 17.0 Å². The molecule has 0 fully saturated rings. The molecule has 0 atom stereocenters. The summed E-state index contributed by atoms with van der Waals surface area (Å²) in [5.41, 5.74) is -1.89. The summed E-state index contributed by atoms with van der Waals surface area (Å²) in [7, 11) is 0. The molecule has 1 heterocycles. The van der Waals surface area contributed by atoms with Crippen LogP contribution in [0, 0.1) is 6.92 Å². The lowest BCUT2D eigenvalue weighted by Gasteiger charge is -2.28. The molecule has 0 saturated carbocycles. The summed E-state index contributed by atoms with van der Waals surface area (Å²) in [4.78, 5) is 37.7. The molecule has 0 bridgehead atoms. The maximum atomic E-state index is 13.8. The number of ether oxygens (including phenoxy) is 1. The lowest BCUT2D eigenvalue weighted by molar-refractivity contribution is -0.138. The van der Waals surface area contributed by atoms with E-state index in [1.807, 2.05) is 0 Å². The average molecular weight is 503 g/mol. The zero-order chi connectivity index (χ0) is 26.7. The first-order valence-electron chi connectivity index (χ1n) is 10.8. The van der Waals surface area contributed by atoms with Gasteiger partial charge >= 0.3 is 12.3 Å². The van der Waals surface area contributed by atoms with Gasteiger partial charge in [-0.15, -0.1) is 5.10 Å².